The van der Waals surface area contributed by atoms with Crippen molar-refractivity contribution in [1.29, 1.82) is 0 Å². The summed E-state index contributed by atoms with van der Waals surface area (Å²) in [6.45, 7) is 1.15. The second kappa shape index (κ2) is 5.81. The molecule has 1 aliphatic carbocycles. The number of pyridine rings is 1. The Labute approximate surface area is 122 Å². The van der Waals surface area contributed by atoms with Crippen LogP contribution in [0.5, 0.6) is 0 Å². The number of aromatic carboxylic acids is 1. The molecule has 112 valence electrons. The minimum atomic E-state index is -1.09. The van der Waals surface area contributed by atoms with E-state index in [4.69, 9.17) is 9.84 Å². The first-order chi connectivity index (χ1) is 10.2. The lowest BCUT2D eigenvalue weighted by Gasteiger charge is -2.43. The number of hydrogen-bond donors (Lipinski definition) is 1. The maximum atomic E-state index is 12.6. The highest BCUT2D eigenvalue weighted by Crippen LogP contribution is 2.29. The van der Waals surface area contributed by atoms with Crippen LogP contribution in [0.2, 0.25) is 0 Å². The van der Waals surface area contributed by atoms with Gasteiger partial charge in [-0.25, -0.2) is 9.78 Å². The van der Waals surface area contributed by atoms with Crippen molar-refractivity contribution in [3.8, 4) is 0 Å². The van der Waals surface area contributed by atoms with E-state index in [0.717, 1.165) is 25.7 Å². The van der Waals surface area contributed by atoms with Gasteiger partial charge in [-0.2, -0.15) is 0 Å². The number of fused-ring (bicyclic) bond motifs is 1. The first-order valence-corrected chi connectivity index (χ1v) is 7.29. The van der Waals surface area contributed by atoms with E-state index in [1.54, 1.807) is 0 Å². The summed E-state index contributed by atoms with van der Waals surface area (Å²) >= 11 is 0. The molecule has 1 saturated carbocycles. The van der Waals surface area contributed by atoms with Crippen molar-refractivity contribution in [2.24, 2.45) is 0 Å². The maximum Gasteiger partial charge on any atom is 0.354 e. The summed E-state index contributed by atoms with van der Waals surface area (Å²) in [6.07, 6.45) is 5.73. The van der Waals surface area contributed by atoms with E-state index >= 15 is 0 Å². The number of rotatable bonds is 2. The van der Waals surface area contributed by atoms with Crippen LogP contribution in [0.25, 0.3) is 0 Å². The van der Waals surface area contributed by atoms with Crippen LogP contribution < -0.4 is 0 Å². The van der Waals surface area contributed by atoms with E-state index in [1.807, 2.05) is 4.90 Å². The van der Waals surface area contributed by atoms with E-state index in [1.165, 1.54) is 18.3 Å². The smallest absolute Gasteiger partial charge is 0.354 e. The van der Waals surface area contributed by atoms with E-state index in [0.29, 0.717) is 18.7 Å². The maximum absolute atomic E-state index is 12.6. The summed E-state index contributed by atoms with van der Waals surface area (Å²) in [4.78, 5) is 29.1. The first kappa shape index (κ1) is 14.0. The van der Waals surface area contributed by atoms with Gasteiger partial charge in [0.15, 0.2) is 0 Å². The van der Waals surface area contributed by atoms with Gasteiger partial charge in [0.05, 0.1) is 24.3 Å². The molecular formula is C15H18N2O4. The molecule has 2 unspecified atom stereocenters. The number of carboxylic acid groups (broad SMARTS) is 1. The fourth-order valence-electron chi connectivity index (χ4n) is 3.16. The van der Waals surface area contributed by atoms with Crippen LogP contribution in [-0.4, -0.2) is 52.2 Å². The molecule has 3 rings (SSSR count). The highest BCUT2D eigenvalue weighted by Gasteiger charge is 2.37. The number of carbonyl (C=O) groups is 2. The van der Waals surface area contributed by atoms with E-state index in [2.05, 4.69) is 4.98 Å². The lowest BCUT2D eigenvalue weighted by atomic mass is 9.90. The summed E-state index contributed by atoms with van der Waals surface area (Å²) in [5.41, 5.74) is 0.385. The summed E-state index contributed by atoms with van der Waals surface area (Å²) in [5, 5.41) is 8.84. The van der Waals surface area contributed by atoms with Gasteiger partial charge in [0.2, 0.25) is 0 Å². The molecule has 21 heavy (non-hydrogen) atoms. The molecule has 1 amide bonds. The predicted molar refractivity (Wildman–Crippen MR) is 74.2 cm³/mol. The van der Waals surface area contributed by atoms with Crippen LogP contribution >= 0.6 is 0 Å². The summed E-state index contributed by atoms with van der Waals surface area (Å²) in [6, 6.07) is 3.04. The largest absolute Gasteiger partial charge is 0.477 e. The standard InChI is InChI=1S/C15H18N2O4/c18-14(10-5-6-11(15(19)20)16-9-10)17-7-8-21-13-4-2-1-3-12(13)17/h5-6,9,12-13H,1-4,7-8H2,(H,19,20). The van der Waals surface area contributed by atoms with Crippen LogP contribution in [0.1, 0.15) is 46.5 Å². The van der Waals surface area contributed by atoms with E-state index < -0.39 is 5.97 Å². The molecular weight excluding hydrogens is 272 g/mol. The number of aromatic nitrogens is 1. The molecule has 0 radical (unpaired) electrons. The number of hydrogen-bond acceptors (Lipinski definition) is 4. The van der Waals surface area contributed by atoms with Crippen molar-refractivity contribution in [3.05, 3.63) is 29.6 Å². The monoisotopic (exact) mass is 290 g/mol. The third-order valence-electron chi connectivity index (χ3n) is 4.22. The van der Waals surface area contributed by atoms with Gasteiger partial charge in [-0.05, 0) is 25.0 Å². The van der Waals surface area contributed by atoms with Crippen molar-refractivity contribution >= 4 is 11.9 Å². The van der Waals surface area contributed by atoms with Gasteiger partial charge in [-0.3, -0.25) is 4.79 Å². The molecule has 0 aromatic carbocycles. The van der Waals surface area contributed by atoms with Gasteiger partial charge >= 0.3 is 5.97 Å². The fraction of sp³-hybridized carbons (Fsp3) is 0.533. The molecule has 1 aromatic heterocycles. The summed E-state index contributed by atoms with van der Waals surface area (Å²) in [5.74, 6) is -1.17. The Morgan fingerprint density at radius 3 is 2.81 bits per heavy atom. The Morgan fingerprint density at radius 2 is 2.10 bits per heavy atom. The Bertz CT molecular complexity index is 541. The molecule has 1 aliphatic heterocycles. The first-order valence-electron chi connectivity index (χ1n) is 7.29. The predicted octanol–water partition coefficient (Wildman–Crippen LogP) is 1.56. The molecule has 1 saturated heterocycles. The molecule has 0 spiro atoms. The molecule has 6 heteroatoms. The van der Waals surface area contributed by atoms with Crippen LogP contribution in [0.4, 0.5) is 0 Å². The fourth-order valence-corrected chi connectivity index (χ4v) is 3.16. The Balaban J connectivity index is 1.78. The molecule has 0 bridgehead atoms. The van der Waals surface area contributed by atoms with Gasteiger partial charge in [-0.15, -0.1) is 0 Å². The summed E-state index contributed by atoms with van der Waals surface area (Å²) in [7, 11) is 0. The zero-order valence-corrected chi connectivity index (χ0v) is 11.7. The minimum Gasteiger partial charge on any atom is -0.477 e. The highest BCUT2D eigenvalue weighted by molar-refractivity contribution is 5.95. The molecule has 6 nitrogen and oxygen atoms in total. The normalized spacial score (nSPS) is 25.2. The number of nitrogens with zero attached hydrogens (tertiary/aromatic N) is 2. The minimum absolute atomic E-state index is 0.0518. The molecule has 1 aromatic rings. The second-order valence-electron chi connectivity index (χ2n) is 5.50. The van der Waals surface area contributed by atoms with Gasteiger partial charge in [0.1, 0.15) is 5.69 Å². The van der Waals surface area contributed by atoms with Crippen LogP contribution in [0.15, 0.2) is 18.3 Å². The van der Waals surface area contributed by atoms with Gasteiger partial charge in [0.25, 0.3) is 5.91 Å². The van der Waals surface area contributed by atoms with Crippen molar-refractivity contribution in [2.45, 2.75) is 37.8 Å². The van der Waals surface area contributed by atoms with Crippen molar-refractivity contribution in [1.82, 2.24) is 9.88 Å². The average molecular weight is 290 g/mol. The van der Waals surface area contributed by atoms with Gasteiger partial charge in [0, 0.05) is 12.7 Å². The van der Waals surface area contributed by atoms with Crippen LogP contribution in [0, 0.1) is 0 Å². The quantitative estimate of drug-likeness (QED) is 0.894. The third-order valence-corrected chi connectivity index (χ3v) is 4.22. The third kappa shape index (κ3) is 2.76. The highest BCUT2D eigenvalue weighted by atomic mass is 16.5. The number of carboxylic acids is 1. The van der Waals surface area contributed by atoms with Gasteiger partial charge < -0.3 is 14.7 Å². The number of carbonyl (C=O) groups excluding carboxylic acids is 1. The van der Waals surface area contributed by atoms with E-state index in [-0.39, 0.29) is 23.7 Å². The topological polar surface area (TPSA) is 79.7 Å². The zero-order chi connectivity index (χ0) is 14.8. The zero-order valence-electron chi connectivity index (χ0n) is 11.7. The van der Waals surface area contributed by atoms with Crippen molar-refractivity contribution in [3.63, 3.8) is 0 Å². The van der Waals surface area contributed by atoms with Crippen LogP contribution in [0.3, 0.4) is 0 Å². The summed E-state index contributed by atoms with van der Waals surface area (Å²) < 4.78 is 5.76. The lowest BCUT2D eigenvalue weighted by Crippen LogP contribution is -2.54. The number of amides is 1. The molecule has 1 N–H and O–H groups in total. The van der Waals surface area contributed by atoms with Crippen molar-refractivity contribution < 1.29 is 19.4 Å². The average Bonchev–Trinajstić information content (AvgIpc) is 2.53. The number of ether oxygens (including phenoxy) is 1. The van der Waals surface area contributed by atoms with Crippen molar-refractivity contribution in [2.75, 3.05) is 13.2 Å². The lowest BCUT2D eigenvalue weighted by molar-refractivity contribution is -0.0752. The molecule has 2 fully saturated rings. The van der Waals surface area contributed by atoms with E-state index in [9.17, 15) is 9.59 Å². The van der Waals surface area contributed by atoms with Gasteiger partial charge in [-0.1, -0.05) is 12.8 Å². The van der Waals surface area contributed by atoms with Crippen LogP contribution in [-0.2, 0) is 4.74 Å². The SMILES string of the molecule is O=C(O)c1ccc(C(=O)N2CCOC3CCCCC32)cn1. The Hall–Kier alpha value is -1.95. The molecule has 2 aliphatic rings. The number of morpholine rings is 1. The molecule has 2 heterocycles. The Kier molecular flexibility index (Phi) is 3.88. The molecule has 2 atom stereocenters. The Morgan fingerprint density at radius 1 is 1.29 bits per heavy atom. The second-order valence-corrected chi connectivity index (χ2v) is 5.50.